The summed E-state index contributed by atoms with van der Waals surface area (Å²) in [6, 6.07) is 0.629. The van der Waals surface area contributed by atoms with Gasteiger partial charge in [0.15, 0.2) is 6.10 Å². The zero-order chi connectivity index (χ0) is 30.4. The van der Waals surface area contributed by atoms with Crippen LogP contribution >= 0.6 is 0 Å². The van der Waals surface area contributed by atoms with E-state index in [0.29, 0.717) is 29.7 Å². The smallest absolute Gasteiger partial charge is 0.303 e. The van der Waals surface area contributed by atoms with Gasteiger partial charge >= 0.3 is 11.9 Å². The lowest BCUT2D eigenvalue weighted by Gasteiger charge is -2.62. The number of morpholine rings is 1. The van der Waals surface area contributed by atoms with E-state index in [1.54, 1.807) is 13.8 Å². The minimum atomic E-state index is -0.146. The largest absolute Gasteiger partial charge is 0.461 e. The van der Waals surface area contributed by atoms with Crippen LogP contribution in [0.2, 0.25) is 0 Å². The standard InChI is InChI=1S/C36H59N2O5/c1-6-17-38(18-9-7-8-10-19-38)32-23-30-28-12-11-27-22-33(42-25(2)39)31(37-15-20-41-21-16-37)24-36(27,5)29(28)13-14-35(30,4)34(32)43-26(3)40/h6,27-34H,1,7-24H2,2-5H3/q+1/t27-,28+,29-,30-,31-,32-,33-,34-,35-,36-/m0/s1. The molecule has 2 aliphatic heterocycles. The van der Waals surface area contributed by atoms with Crippen LogP contribution in [0.3, 0.4) is 0 Å². The number of fused-ring (bicyclic) bond motifs is 5. The highest BCUT2D eigenvalue weighted by Gasteiger charge is 2.67. The highest BCUT2D eigenvalue weighted by molar-refractivity contribution is 5.66. The summed E-state index contributed by atoms with van der Waals surface area (Å²) in [6.07, 6.45) is 15.3. The first-order valence-electron chi connectivity index (χ1n) is 17.7. The molecule has 10 atom stereocenters. The number of nitrogens with zero attached hydrogens (tertiary/aromatic N) is 2. The Balaban J connectivity index is 1.31. The average Bonchev–Trinajstić information content (AvgIpc) is 3.10. The van der Waals surface area contributed by atoms with Crippen LogP contribution < -0.4 is 0 Å². The van der Waals surface area contributed by atoms with Gasteiger partial charge in [-0.3, -0.25) is 14.5 Å². The summed E-state index contributed by atoms with van der Waals surface area (Å²) < 4.78 is 19.3. The molecule has 2 saturated heterocycles. The summed E-state index contributed by atoms with van der Waals surface area (Å²) in [5.74, 6) is 2.24. The molecule has 0 aromatic carbocycles. The fourth-order valence-corrected chi connectivity index (χ4v) is 12.0. The Morgan fingerprint density at radius 1 is 0.930 bits per heavy atom. The molecule has 6 aliphatic rings. The Bertz CT molecular complexity index is 1030. The minimum absolute atomic E-state index is 0.0136. The highest BCUT2D eigenvalue weighted by atomic mass is 16.5. The molecular weight excluding hydrogens is 540 g/mol. The van der Waals surface area contributed by atoms with Crippen LogP contribution in [0.25, 0.3) is 0 Å². The molecule has 7 nitrogen and oxygen atoms in total. The van der Waals surface area contributed by atoms with Gasteiger partial charge in [0.1, 0.15) is 12.1 Å². The molecule has 6 fully saturated rings. The van der Waals surface area contributed by atoms with Gasteiger partial charge in [0.05, 0.1) is 32.8 Å². The van der Waals surface area contributed by atoms with Crippen LogP contribution in [0.1, 0.15) is 98.3 Å². The van der Waals surface area contributed by atoms with Gasteiger partial charge in [-0.25, -0.2) is 0 Å². The third-order valence-electron chi connectivity index (χ3n) is 13.9. The summed E-state index contributed by atoms with van der Waals surface area (Å²) in [4.78, 5) is 27.5. The second-order valence-corrected chi connectivity index (χ2v) is 15.9. The molecule has 242 valence electrons. The Morgan fingerprint density at radius 2 is 1.63 bits per heavy atom. The summed E-state index contributed by atoms with van der Waals surface area (Å²) in [6.45, 7) is 19.2. The van der Waals surface area contributed by atoms with Crippen molar-refractivity contribution in [1.82, 2.24) is 4.90 Å². The molecule has 4 saturated carbocycles. The van der Waals surface area contributed by atoms with Crippen LogP contribution in [-0.2, 0) is 23.8 Å². The molecule has 0 bridgehead atoms. The van der Waals surface area contributed by atoms with E-state index in [4.69, 9.17) is 14.2 Å². The third-order valence-corrected chi connectivity index (χ3v) is 13.9. The second-order valence-electron chi connectivity index (χ2n) is 15.9. The number of esters is 2. The van der Waals surface area contributed by atoms with Crippen molar-refractivity contribution < 1.29 is 28.3 Å². The molecule has 0 amide bonds. The lowest BCUT2D eigenvalue weighted by Crippen LogP contribution is -2.62. The maximum absolute atomic E-state index is 12.7. The Hall–Kier alpha value is -1.44. The van der Waals surface area contributed by atoms with Crippen LogP contribution in [0.15, 0.2) is 12.7 Å². The molecule has 0 spiro atoms. The number of hydrogen-bond acceptors (Lipinski definition) is 6. The molecule has 0 unspecified atom stereocenters. The Labute approximate surface area is 260 Å². The summed E-state index contributed by atoms with van der Waals surface area (Å²) >= 11 is 0. The van der Waals surface area contributed by atoms with Gasteiger partial charge in [0.2, 0.25) is 0 Å². The Morgan fingerprint density at radius 3 is 2.28 bits per heavy atom. The maximum Gasteiger partial charge on any atom is 0.303 e. The lowest BCUT2D eigenvalue weighted by atomic mass is 9.44. The first-order chi connectivity index (χ1) is 20.6. The van der Waals surface area contributed by atoms with E-state index in [2.05, 4.69) is 31.4 Å². The number of hydrogen-bond donors (Lipinski definition) is 0. The topological polar surface area (TPSA) is 65.1 Å². The molecule has 2 heterocycles. The van der Waals surface area contributed by atoms with Crippen LogP contribution in [0.4, 0.5) is 0 Å². The second kappa shape index (κ2) is 12.4. The maximum atomic E-state index is 12.7. The number of carbonyl (C=O) groups is 2. The average molecular weight is 600 g/mol. The molecule has 0 radical (unpaired) electrons. The molecule has 0 aromatic heterocycles. The number of ether oxygens (including phenoxy) is 3. The number of likely N-dealkylation sites (tertiary alicyclic amines) is 1. The van der Waals surface area contributed by atoms with Crippen molar-refractivity contribution in [3.05, 3.63) is 12.7 Å². The normalized spacial score (nSPS) is 44.7. The van der Waals surface area contributed by atoms with Crippen molar-refractivity contribution in [2.24, 2.45) is 34.5 Å². The predicted molar refractivity (Wildman–Crippen MR) is 167 cm³/mol. The molecule has 7 heteroatoms. The van der Waals surface area contributed by atoms with Gasteiger partial charge in [-0.1, -0.05) is 20.4 Å². The number of quaternary nitrogens is 1. The van der Waals surface area contributed by atoms with Gasteiger partial charge in [0.25, 0.3) is 0 Å². The van der Waals surface area contributed by atoms with Gasteiger partial charge in [0, 0.05) is 44.8 Å². The molecule has 4 aliphatic carbocycles. The van der Waals surface area contributed by atoms with Gasteiger partial charge in [-0.2, -0.15) is 0 Å². The highest BCUT2D eigenvalue weighted by Crippen LogP contribution is 2.67. The van der Waals surface area contributed by atoms with Crippen molar-refractivity contribution in [1.29, 1.82) is 0 Å². The van der Waals surface area contributed by atoms with Crippen molar-refractivity contribution in [3.63, 3.8) is 0 Å². The van der Waals surface area contributed by atoms with Crippen molar-refractivity contribution in [2.75, 3.05) is 45.9 Å². The fraction of sp³-hybridized carbons (Fsp3) is 0.889. The minimum Gasteiger partial charge on any atom is -0.461 e. The number of rotatable bonds is 6. The van der Waals surface area contributed by atoms with E-state index in [0.717, 1.165) is 56.6 Å². The third kappa shape index (κ3) is 5.62. The number of carbonyl (C=O) groups excluding carboxylic acids is 2. The summed E-state index contributed by atoms with van der Waals surface area (Å²) in [7, 11) is 0. The zero-order valence-electron chi connectivity index (χ0n) is 27.6. The first-order valence-corrected chi connectivity index (χ1v) is 17.7. The van der Waals surface area contributed by atoms with E-state index in [-0.39, 0.29) is 41.0 Å². The van der Waals surface area contributed by atoms with Gasteiger partial charge in [-0.15, -0.1) is 0 Å². The van der Waals surface area contributed by atoms with Crippen LogP contribution in [0, 0.1) is 34.5 Å². The molecule has 43 heavy (non-hydrogen) atoms. The molecule has 0 aromatic rings. The molecule has 0 N–H and O–H groups in total. The van der Waals surface area contributed by atoms with Gasteiger partial charge in [-0.05, 0) is 99.4 Å². The van der Waals surface area contributed by atoms with E-state index in [9.17, 15) is 9.59 Å². The van der Waals surface area contributed by atoms with E-state index in [1.165, 1.54) is 64.5 Å². The summed E-state index contributed by atoms with van der Waals surface area (Å²) in [5, 5.41) is 0. The van der Waals surface area contributed by atoms with Crippen molar-refractivity contribution >= 4 is 11.9 Å². The van der Waals surface area contributed by atoms with Gasteiger partial charge < -0.3 is 18.7 Å². The predicted octanol–water partition coefficient (Wildman–Crippen LogP) is 5.76. The molecule has 6 rings (SSSR count). The SMILES string of the molecule is C=CC[N+]1([C@H]2C[C@H]3[C@@H]4CC[C@H]5C[C@H](OC(C)=O)[C@@H](N6CCOCC6)C[C@]5(C)[C@H]4CC[C@]3(C)[C@H]2OC(C)=O)CCCCCC1. The van der Waals surface area contributed by atoms with Crippen molar-refractivity contribution in [3.8, 4) is 0 Å². The first kappa shape index (κ1) is 31.5. The zero-order valence-corrected chi connectivity index (χ0v) is 27.6. The monoisotopic (exact) mass is 599 g/mol. The lowest BCUT2D eigenvalue weighted by molar-refractivity contribution is -0.948. The molecular formula is C36H59N2O5+. The van der Waals surface area contributed by atoms with E-state index in [1.807, 2.05) is 0 Å². The quantitative estimate of drug-likeness (QED) is 0.220. The van der Waals surface area contributed by atoms with Crippen LogP contribution in [0.5, 0.6) is 0 Å². The van der Waals surface area contributed by atoms with E-state index >= 15 is 0 Å². The Kier molecular flexibility index (Phi) is 9.09. The summed E-state index contributed by atoms with van der Waals surface area (Å²) in [5.41, 5.74) is 0.257. The van der Waals surface area contributed by atoms with Crippen LogP contribution in [-0.4, -0.2) is 91.6 Å². The fourth-order valence-electron chi connectivity index (χ4n) is 12.0. The van der Waals surface area contributed by atoms with Crippen molar-refractivity contribution in [2.45, 2.75) is 123 Å². The van der Waals surface area contributed by atoms with E-state index < -0.39 is 0 Å².